The van der Waals surface area contributed by atoms with Gasteiger partial charge in [-0.25, -0.2) is 9.97 Å². The van der Waals surface area contributed by atoms with Gasteiger partial charge in [-0.3, -0.25) is 0 Å². The fourth-order valence-corrected chi connectivity index (χ4v) is 3.29. The summed E-state index contributed by atoms with van der Waals surface area (Å²) in [4.78, 5) is 10.9. The summed E-state index contributed by atoms with van der Waals surface area (Å²) in [6.45, 7) is 2.78. The van der Waals surface area contributed by atoms with Gasteiger partial charge in [-0.15, -0.1) is 0 Å². The Morgan fingerprint density at radius 3 is 2.70 bits per heavy atom. The molecule has 0 radical (unpaired) electrons. The van der Waals surface area contributed by atoms with Crippen molar-refractivity contribution in [3.63, 3.8) is 0 Å². The van der Waals surface area contributed by atoms with Crippen LogP contribution in [0.2, 0.25) is 0 Å². The summed E-state index contributed by atoms with van der Waals surface area (Å²) in [7, 11) is 1.71. The maximum absolute atomic E-state index is 5.43. The van der Waals surface area contributed by atoms with Crippen molar-refractivity contribution in [3.05, 3.63) is 46.7 Å². The molecule has 1 N–H and O–H groups in total. The first kappa shape index (κ1) is 16.2. The summed E-state index contributed by atoms with van der Waals surface area (Å²) in [6, 6.07) is 8.47. The highest BCUT2D eigenvalue weighted by atomic mass is 79.9. The third kappa shape index (κ3) is 4.20. The standard InChI is InChI=1S/C17H21BrN4O/c1-23-16-4-3-14(18)11-13(16)12-21-15-5-9-22(10-6-15)17-19-7-2-8-20-17/h2-4,7-8,11,15,21H,5-6,9-10,12H2,1H3. The first-order valence-corrected chi connectivity index (χ1v) is 8.63. The first-order valence-electron chi connectivity index (χ1n) is 7.84. The minimum absolute atomic E-state index is 0.513. The number of methoxy groups -OCH3 is 1. The Morgan fingerprint density at radius 2 is 2.00 bits per heavy atom. The molecule has 23 heavy (non-hydrogen) atoms. The van der Waals surface area contributed by atoms with Crippen LogP contribution in [0.25, 0.3) is 0 Å². The number of benzene rings is 1. The highest BCUT2D eigenvalue weighted by Gasteiger charge is 2.20. The number of hydrogen-bond acceptors (Lipinski definition) is 5. The van der Waals surface area contributed by atoms with Crippen LogP contribution in [0.15, 0.2) is 41.1 Å². The quantitative estimate of drug-likeness (QED) is 0.868. The zero-order chi connectivity index (χ0) is 16.1. The van der Waals surface area contributed by atoms with Gasteiger partial charge in [0, 0.05) is 48.1 Å². The van der Waals surface area contributed by atoms with Gasteiger partial charge in [-0.1, -0.05) is 15.9 Å². The molecule has 0 amide bonds. The van der Waals surface area contributed by atoms with Crippen LogP contribution in [0.5, 0.6) is 5.75 Å². The lowest BCUT2D eigenvalue weighted by atomic mass is 10.0. The van der Waals surface area contributed by atoms with E-state index in [9.17, 15) is 0 Å². The van der Waals surface area contributed by atoms with Crippen molar-refractivity contribution in [2.75, 3.05) is 25.1 Å². The minimum atomic E-state index is 0.513. The summed E-state index contributed by atoms with van der Waals surface area (Å²) in [5, 5.41) is 3.64. The molecule has 0 bridgehead atoms. The first-order chi connectivity index (χ1) is 11.3. The smallest absolute Gasteiger partial charge is 0.225 e. The average Bonchev–Trinajstić information content (AvgIpc) is 2.61. The van der Waals surface area contributed by atoms with Gasteiger partial charge < -0.3 is 15.0 Å². The van der Waals surface area contributed by atoms with Crippen LogP contribution >= 0.6 is 15.9 Å². The van der Waals surface area contributed by atoms with Crippen LogP contribution in [0, 0.1) is 0 Å². The van der Waals surface area contributed by atoms with Crippen molar-refractivity contribution in [1.29, 1.82) is 0 Å². The number of nitrogens with one attached hydrogen (secondary N) is 1. The third-order valence-electron chi connectivity index (χ3n) is 4.15. The number of rotatable bonds is 5. The van der Waals surface area contributed by atoms with Crippen LogP contribution in [-0.2, 0) is 6.54 Å². The van der Waals surface area contributed by atoms with E-state index in [2.05, 4.69) is 42.2 Å². The molecule has 5 nitrogen and oxygen atoms in total. The molecule has 1 aliphatic rings. The lowest BCUT2D eigenvalue weighted by Crippen LogP contribution is -2.42. The normalized spacial score (nSPS) is 15.7. The predicted octanol–water partition coefficient (Wildman–Crippen LogP) is 3.01. The molecule has 0 atom stereocenters. The number of ether oxygens (including phenoxy) is 1. The monoisotopic (exact) mass is 376 g/mol. The van der Waals surface area contributed by atoms with Crippen molar-refractivity contribution in [2.24, 2.45) is 0 Å². The molecule has 0 aliphatic carbocycles. The SMILES string of the molecule is COc1ccc(Br)cc1CNC1CCN(c2ncccn2)CC1. The molecule has 122 valence electrons. The van der Waals surface area contributed by atoms with Crippen LogP contribution in [0.1, 0.15) is 18.4 Å². The molecule has 0 spiro atoms. The topological polar surface area (TPSA) is 50.3 Å². The van der Waals surface area contributed by atoms with Gasteiger partial charge in [0.2, 0.25) is 5.95 Å². The van der Waals surface area contributed by atoms with E-state index < -0.39 is 0 Å². The number of aromatic nitrogens is 2. The Balaban J connectivity index is 1.52. The van der Waals surface area contributed by atoms with Gasteiger partial charge in [-0.2, -0.15) is 0 Å². The lowest BCUT2D eigenvalue weighted by molar-refractivity contribution is 0.390. The van der Waals surface area contributed by atoms with Crippen molar-refractivity contribution in [2.45, 2.75) is 25.4 Å². The number of hydrogen-bond donors (Lipinski definition) is 1. The molecule has 1 aromatic carbocycles. The zero-order valence-corrected chi connectivity index (χ0v) is 14.8. The second kappa shape index (κ2) is 7.75. The van der Waals surface area contributed by atoms with Crippen molar-refractivity contribution in [3.8, 4) is 5.75 Å². The summed E-state index contributed by atoms with van der Waals surface area (Å²) in [5.74, 6) is 1.76. The van der Waals surface area contributed by atoms with Gasteiger partial charge in [0.15, 0.2) is 0 Å². The van der Waals surface area contributed by atoms with E-state index in [1.54, 1.807) is 19.5 Å². The van der Waals surface area contributed by atoms with E-state index in [0.29, 0.717) is 6.04 Å². The van der Waals surface area contributed by atoms with Gasteiger partial charge in [0.1, 0.15) is 5.75 Å². The van der Waals surface area contributed by atoms with E-state index in [-0.39, 0.29) is 0 Å². The van der Waals surface area contributed by atoms with Crippen molar-refractivity contribution in [1.82, 2.24) is 15.3 Å². The zero-order valence-electron chi connectivity index (χ0n) is 13.2. The van der Waals surface area contributed by atoms with Crippen LogP contribution in [0.3, 0.4) is 0 Å². The van der Waals surface area contributed by atoms with Gasteiger partial charge in [0.05, 0.1) is 7.11 Å². The molecule has 2 heterocycles. The molecular weight excluding hydrogens is 356 g/mol. The summed E-state index contributed by atoms with van der Waals surface area (Å²) >= 11 is 3.52. The van der Waals surface area contributed by atoms with Gasteiger partial charge in [-0.05, 0) is 37.1 Å². The Kier molecular flexibility index (Phi) is 5.46. The molecule has 6 heteroatoms. The molecule has 1 aliphatic heterocycles. The van der Waals surface area contributed by atoms with E-state index in [1.807, 2.05) is 18.2 Å². The molecule has 1 saturated heterocycles. The van der Waals surface area contributed by atoms with Gasteiger partial charge in [0.25, 0.3) is 0 Å². The Hall–Kier alpha value is -1.66. The Bertz CT molecular complexity index is 630. The number of nitrogens with zero attached hydrogens (tertiary/aromatic N) is 3. The fourth-order valence-electron chi connectivity index (χ4n) is 2.88. The third-order valence-corrected chi connectivity index (χ3v) is 4.65. The van der Waals surface area contributed by atoms with E-state index in [4.69, 9.17) is 4.74 Å². The predicted molar refractivity (Wildman–Crippen MR) is 94.8 cm³/mol. The van der Waals surface area contributed by atoms with E-state index in [1.165, 1.54) is 5.56 Å². The van der Waals surface area contributed by atoms with E-state index >= 15 is 0 Å². The highest BCUT2D eigenvalue weighted by Crippen LogP contribution is 2.23. The molecule has 3 rings (SSSR count). The molecule has 2 aromatic rings. The lowest BCUT2D eigenvalue weighted by Gasteiger charge is -2.32. The maximum atomic E-state index is 5.43. The van der Waals surface area contributed by atoms with Gasteiger partial charge >= 0.3 is 0 Å². The Labute approximate surface area is 145 Å². The van der Waals surface area contributed by atoms with Crippen molar-refractivity contribution < 1.29 is 4.74 Å². The van der Waals surface area contributed by atoms with Crippen LogP contribution in [0.4, 0.5) is 5.95 Å². The average molecular weight is 377 g/mol. The van der Waals surface area contributed by atoms with Crippen molar-refractivity contribution >= 4 is 21.9 Å². The summed E-state index contributed by atoms with van der Waals surface area (Å²) < 4.78 is 6.50. The van der Waals surface area contributed by atoms with Crippen LogP contribution < -0.4 is 15.0 Å². The fraction of sp³-hybridized carbons (Fsp3) is 0.412. The number of anilines is 1. The Morgan fingerprint density at radius 1 is 1.26 bits per heavy atom. The molecule has 1 aromatic heterocycles. The maximum Gasteiger partial charge on any atom is 0.225 e. The van der Waals surface area contributed by atoms with E-state index in [0.717, 1.165) is 48.6 Å². The summed E-state index contributed by atoms with van der Waals surface area (Å²) in [5.41, 5.74) is 1.18. The minimum Gasteiger partial charge on any atom is -0.496 e. The second-order valence-corrected chi connectivity index (χ2v) is 6.56. The molecule has 1 fully saturated rings. The largest absolute Gasteiger partial charge is 0.496 e. The molecule has 0 saturated carbocycles. The number of halogens is 1. The highest BCUT2D eigenvalue weighted by molar-refractivity contribution is 9.10. The number of piperidine rings is 1. The van der Waals surface area contributed by atoms with Crippen LogP contribution in [-0.4, -0.2) is 36.2 Å². The summed E-state index contributed by atoms with van der Waals surface area (Å²) in [6.07, 6.45) is 5.78. The second-order valence-electron chi connectivity index (χ2n) is 5.65. The molecular formula is C17H21BrN4O. The molecule has 0 unspecified atom stereocenters.